The third kappa shape index (κ3) is 3.82. The van der Waals surface area contributed by atoms with Crippen molar-refractivity contribution in [2.24, 2.45) is 0 Å². The number of hydrogen-bond donors (Lipinski definition) is 3. The highest BCUT2D eigenvalue weighted by Crippen LogP contribution is 2.40. The third-order valence-electron chi connectivity index (χ3n) is 5.08. The van der Waals surface area contributed by atoms with Gasteiger partial charge in [0.1, 0.15) is 17.2 Å². The lowest BCUT2D eigenvalue weighted by molar-refractivity contribution is -0.0850. The van der Waals surface area contributed by atoms with Crippen LogP contribution in [0.3, 0.4) is 0 Å². The second-order valence-corrected chi connectivity index (χ2v) is 7.20. The molecule has 0 aliphatic heterocycles. The van der Waals surface area contributed by atoms with Gasteiger partial charge in [-0.1, -0.05) is 6.07 Å². The lowest BCUT2D eigenvalue weighted by atomic mass is 9.87. The molecular weight excluding hydrogens is 387 g/mol. The second-order valence-electron chi connectivity index (χ2n) is 7.20. The normalized spacial score (nSPS) is 15.9. The average molecular weight is 405 g/mol. The summed E-state index contributed by atoms with van der Waals surface area (Å²) in [5, 5.41) is 2.66. The van der Waals surface area contributed by atoms with Crippen LogP contribution in [-0.4, -0.2) is 39.9 Å². The first-order chi connectivity index (χ1) is 13.7. The van der Waals surface area contributed by atoms with Crippen LogP contribution in [0, 0.1) is 5.82 Å². The standard InChI is InChI=1S/C19H18F3N5O2/c1-27(12-6-19(21,22)7-12)15-3-2-10(8-23-15)9-24-17(28)11-4-13(20)16-14(5-11)25-18(29)26-16/h2-5,8,12H,6-7,9H2,1H3,(H,24,28)(H2,25,26,29). The number of H-pyrrole nitrogens is 2. The van der Waals surface area contributed by atoms with E-state index in [2.05, 4.69) is 20.3 Å². The molecule has 3 aromatic rings. The van der Waals surface area contributed by atoms with E-state index in [-0.39, 0.29) is 42.0 Å². The number of alkyl halides is 2. The summed E-state index contributed by atoms with van der Waals surface area (Å²) in [5.41, 5.74) is 0.431. The Morgan fingerprint density at radius 1 is 1.31 bits per heavy atom. The fourth-order valence-electron chi connectivity index (χ4n) is 3.34. The molecule has 0 radical (unpaired) electrons. The smallest absolute Gasteiger partial charge is 0.323 e. The zero-order valence-corrected chi connectivity index (χ0v) is 15.4. The molecule has 0 bridgehead atoms. The number of amides is 1. The molecule has 0 unspecified atom stereocenters. The fraction of sp³-hybridized carbons (Fsp3) is 0.316. The fourth-order valence-corrected chi connectivity index (χ4v) is 3.34. The highest BCUT2D eigenvalue weighted by molar-refractivity contribution is 5.97. The summed E-state index contributed by atoms with van der Waals surface area (Å²) in [7, 11) is 1.72. The van der Waals surface area contributed by atoms with Crippen molar-refractivity contribution in [3.05, 3.63) is 57.9 Å². The molecule has 0 atom stereocenters. The SMILES string of the molecule is CN(c1ccc(CNC(=O)c2cc(F)c3[nH]c(=O)[nH]c3c2)cn1)C1CC(F)(F)C1. The molecule has 152 valence electrons. The molecule has 1 aliphatic carbocycles. The van der Waals surface area contributed by atoms with Crippen molar-refractivity contribution in [1.82, 2.24) is 20.3 Å². The number of carbonyl (C=O) groups excluding carboxylic acids is 1. The van der Waals surface area contributed by atoms with Gasteiger partial charge in [0.15, 0.2) is 0 Å². The van der Waals surface area contributed by atoms with Gasteiger partial charge in [-0.05, 0) is 23.8 Å². The Hall–Kier alpha value is -3.30. The van der Waals surface area contributed by atoms with E-state index in [1.165, 1.54) is 6.07 Å². The second kappa shape index (κ2) is 6.94. The maximum atomic E-state index is 14.0. The zero-order valence-electron chi connectivity index (χ0n) is 15.4. The summed E-state index contributed by atoms with van der Waals surface area (Å²) in [5.74, 6) is -3.24. The van der Waals surface area contributed by atoms with Crippen molar-refractivity contribution < 1.29 is 18.0 Å². The molecule has 3 N–H and O–H groups in total. The monoisotopic (exact) mass is 405 g/mol. The average Bonchev–Trinajstić information content (AvgIpc) is 3.05. The highest BCUT2D eigenvalue weighted by atomic mass is 19.3. The first-order valence-electron chi connectivity index (χ1n) is 8.97. The van der Waals surface area contributed by atoms with Crippen molar-refractivity contribution in [3.63, 3.8) is 0 Å². The first-order valence-corrected chi connectivity index (χ1v) is 8.97. The maximum absolute atomic E-state index is 14.0. The van der Waals surface area contributed by atoms with Gasteiger partial charge in [-0.3, -0.25) is 4.79 Å². The van der Waals surface area contributed by atoms with Crippen LogP contribution >= 0.6 is 0 Å². The van der Waals surface area contributed by atoms with Gasteiger partial charge in [-0.15, -0.1) is 0 Å². The van der Waals surface area contributed by atoms with E-state index in [9.17, 15) is 22.8 Å². The molecule has 2 heterocycles. The number of hydrogen-bond acceptors (Lipinski definition) is 4. The van der Waals surface area contributed by atoms with Crippen LogP contribution in [0.5, 0.6) is 0 Å². The summed E-state index contributed by atoms with van der Waals surface area (Å²) in [6.45, 7) is 0.153. The number of nitrogens with one attached hydrogen (secondary N) is 3. The van der Waals surface area contributed by atoms with Crippen molar-refractivity contribution in [2.45, 2.75) is 31.4 Å². The minimum Gasteiger partial charge on any atom is -0.356 e. The Bertz CT molecular complexity index is 1120. The van der Waals surface area contributed by atoms with Crippen molar-refractivity contribution in [1.29, 1.82) is 0 Å². The van der Waals surface area contributed by atoms with Crippen LogP contribution in [0.15, 0.2) is 35.3 Å². The molecular formula is C19H18F3N5O2. The van der Waals surface area contributed by atoms with Crippen LogP contribution in [0.25, 0.3) is 11.0 Å². The van der Waals surface area contributed by atoms with Gasteiger partial charge in [-0.25, -0.2) is 22.9 Å². The molecule has 1 amide bonds. The molecule has 2 aromatic heterocycles. The van der Waals surface area contributed by atoms with Crippen LogP contribution in [0.1, 0.15) is 28.8 Å². The van der Waals surface area contributed by atoms with Gasteiger partial charge in [0.2, 0.25) is 0 Å². The Kier molecular flexibility index (Phi) is 4.56. The molecule has 1 aliphatic rings. The van der Waals surface area contributed by atoms with Gasteiger partial charge in [0, 0.05) is 44.2 Å². The number of nitrogens with zero attached hydrogens (tertiary/aromatic N) is 2. The van der Waals surface area contributed by atoms with E-state index in [1.807, 2.05) is 0 Å². The Balaban J connectivity index is 1.39. The summed E-state index contributed by atoms with van der Waals surface area (Å²) in [6.07, 6.45) is 1.18. The van der Waals surface area contributed by atoms with Crippen LogP contribution in [0.4, 0.5) is 19.0 Å². The lowest BCUT2D eigenvalue weighted by Gasteiger charge is -2.41. The molecule has 0 saturated heterocycles. The van der Waals surface area contributed by atoms with Gasteiger partial charge in [0.25, 0.3) is 11.8 Å². The number of fused-ring (bicyclic) bond motifs is 1. The first kappa shape index (κ1) is 19.0. The van der Waals surface area contributed by atoms with Crippen molar-refractivity contribution in [2.75, 3.05) is 11.9 Å². The van der Waals surface area contributed by atoms with E-state index in [0.717, 1.165) is 6.07 Å². The van der Waals surface area contributed by atoms with Crippen LogP contribution in [0.2, 0.25) is 0 Å². The van der Waals surface area contributed by atoms with Crippen LogP contribution in [-0.2, 0) is 6.54 Å². The molecule has 0 spiro atoms. The lowest BCUT2D eigenvalue weighted by Crippen LogP contribution is -2.49. The predicted molar refractivity (Wildman–Crippen MR) is 101 cm³/mol. The topological polar surface area (TPSA) is 93.9 Å². The zero-order chi connectivity index (χ0) is 20.8. The highest BCUT2D eigenvalue weighted by Gasteiger charge is 2.47. The number of aromatic nitrogens is 3. The number of aromatic amines is 2. The molecule has 10 heteroatoms. The van der Waals surface area contributed by atoms with E-state index in [4.69, 9.17) is 0 Å². The minimum absolute atomic E-state index is 0.0136. The Morgan fingerprint density at radius 2 is 2.07 bits per heavy atom. The quantitative estimate of drug-likeness (QED) is 0.608. The van der Waals surface area contributed by atoms with E-state index >= 15 is 0 Å². The summed E-state index contributed by atoms with van der Waals surface area (Å²) < 4.78 is 40.1. The Morgan fingerprint density at radius 3 is 2.72 bits per heavy atom. The third-order valence-corrected chi connectivity index (χ3v) is 5.08. The maximum Gasteiger partial charge on any atom is 0.323 e. The Labute approximate surface area is 162 Å². The van der Waals surface area contributed by atoms with Crippen molar-refractivity contribution in [3.8, 4) is 0 Å². The largest absolute Gasteiger partial charge is 0.356 e. The molecule has 1 saturated carbocycles. The van der Waals surface area contributed by atoms with Gasteiger partial charge >= 0.3 is 5.69 Å². The molecule has 7 nitrogen and oxygen atoms in total. The molecule has 1 aromatic carbocycles. The predicted octanol–water partition coefficient (Wildman–Crippen LogP) is 2.55. The summed E-state index contributed by atoms with van der Waals surface area (Å²) >= 11 is 0. The number of imidazole rings is 1. The minimum atomic E-state index is -2.60. The van der Waals surface area contributed by atoms with Gasteiger partial charge in [-0.2, -0.15) is 0 Å². The van der Waals surface area contributed by atoms with Crippen LogP contribution < -0.4 is 15.9 Å². The number of carbonyl (C=O) groups is 1. The summed E-state index contributed by atoms with van der Waals surface area (Å²) in [4.78, 5) is 34.3. The molecule has 4 rings (SSSR count). The number of benzene rings is 1. The van der Waals surface area contributed by atoms with E-state index in [1.54, 1.807) is 30.3 Å². The molecule has 29 heavy (non-hydrogen) atoms. The molecule has 1 fully saturated rings. The van der Waals surface area contributed by atoms with E-state index in [0.29, 0.717) is 11.4 Å². The number of rotatable bonds is 5. The van der Waals surface area contributed by atoms with Crippen molar-refractivity contribution >= 4 is 22.8 Å². The van der Waals surface area contributed by atoms with Gasteiger partial charge < -0.3 is 20.2 Å². The van der Waals surface area contributed by atoms with E-state index < -0.39 is 23.3 Å². The summed E-state index contributed by atoms with van der Waals surface area (Å²) in [6, 6.07) is 5.63. The van der Waals surface area contributed by atoms with Gasteiger partial charge in [0.05, 0.1) is 5.52 Å². The number of halogens is 3. The number of anilines is 1. The number of pyridine rings is 1.